The molecule has 1 saturated heterocycles. The van der Waals surface area contributed by atoms with E-state index >= 15 is 0 Å². The van der Waals surface area contributed by atoms with Gasteiger partial charge in [0.25, 0.3) is 5.91 Å². The molecule has 0 aromatic heterocycles. The van der Waals surface area contributed by atoms with Crippen LogP contribution in [0.5, 0.6) is 5.75 Å². The first kappa shape index (κ1) is 19.4. The minimum atomic E-state index is 0.0262. The van der Waals surface area contributed by atoms with E-state index in [1.54, 1.807) is 0 Å². The molecule has 0 unspecified atom stereocenters. The summed E-state index contributed by atoms with van der Waals surface area (Å²) in [4.78, 5) is 14.4. The van der Waals surface area contributed by atoms with Crippen LogP contribution in [0, 0.1) is 0 Å². The smallest absolute Gasteiger partial charge is 0.260 e. The number of nitrogens with two attached hydrogens (primary N) is 1. The second kappa shape index (κ2) is 10.1. The fraction of sp³-hybridized carbons (Fsp3) is 0.409. The third-order valence-electron chi connectivity index (χ3n) is 4.82. The highest BCUT2D eigenvalue weighted by molar-refractivity contribution is 5.78. The number of carbonyl (C=O) groups excluding carboxylic acids is 1. The SMILES string of the molecule is NCCCOC1CCN(C(=O)COc2ccccc2-c2ccccc2)CC1. The van der Waals surface area contributed by atoms with Crippen LogP contribution in [-0.2, 0) is 9.53 Å². The predicted octanol–water partition coefficient (Wildman–Crippen LogP) is 3.09. The van der Waals surface area contributed by atoms with Crippen molar-refractivity contribution in [3.63, 3.8) is 0 Å². The van der Waals surface area contributed by atoms with Crippen LogP contribution < -0.4 is 10.5 Å². The second-order valence-corrected chi connectivity index (χ2v) is 6.74. The largest absolute Gasteiger partial charge is 0.483 e. The lowest BCUT2D eigenvalue weighted by Gasteiger charge is -2.32. The van der Waals surface area contributed by atoms with Crippen molar-refractivity contribution in [3.8, 4) is 16.9 Å². The number of piperidine rings is 1. The van der Waals surface area contributed by atoms with Crippen LogP contribution in [0.3, 0.4) is 0 Å². The summed E-state index contributed by atoms with van der Waals surface area (Å²) < 4.78 is 11.7. The van der Waals surface area contributed by atoms with E-state index in [9.17, 15) is 4.79 Å². The van der Waals surface area contributed by atoms with E-state index in [-0.39, 0.29) is 18.6 Å². The molecule has 1 aliphatic rings. The number of carbonyl (C=O) groups is 1. The Morgan fingerprint density at radius 2 is 1.74 bits per heavy atom. The fourth-order valence-electron chi connectivity index (χ4n) is 3.28. The van der Waals surface area contributed by atoms with Crippen molar-refractivity contribution in [2.45, 2.75) is 25.4 Å². The molecule has 1 amide bonds. The van der Waals surface area contributed by atoms with Gasteiger partial charge in [-0.05, 0) is 37.4 Å². The number of benzene rings is 2. The summed E-state index contributed by atoms with van der Waals surface area (Å²) in [7, 11) is 0. The van der Waals surface area contributed by atoms with Gasteiger partial charge in [-0.3, -0.25) is 4.79 Å². The summed E-state index contributed by atoms with van der Waals surface area (Å²) in [5, 5.41) is 0. The van der Waals surface area contributed by atoms with Crippen LogP contribution in [0.1, 0.15) is 19.3 Å². The molecule has 5 heteroatoms. The maximum atomic E-state index is 12.5. The predicted molar refractivity (Wildman–Crippen MR) is 107 cm³/mol. The molecular formula is C22H28N2O3. The third kappa shape index (κ3) is 5.55. The van der Waals surface area contributed by atoms with Crippen molar-refractivity contribution >= 4 is 5.91 Å². The molecular weight excluding hydrogens is 340 g/mol. The van der Waals surface area contributed by atoms with Gasteiger partial charge in [0, 0.05) is 25.3 Å². The topological polar surface area (TPSA) is 64.8 Å². The lowest BCUT2D eigenvalue weighted by atomic mass is 10.1. The summed E-state index contributed by atoms with van der Waals surface area (Å²) in [6.45, 7) is 2.85. The third-order valence-corrected chi connectivity index (χ3v) is 4.82. The van der Waals surface area contributed by atoms with Crippen molar-refractivity contribution < 1.29 is 14.3 Å². The minimum Gasteiger partial charge on any atom is -0.483 e. The number of ether oxygens (including phenoxy) is 2. The van der Waals surface area contributed by atoms with Crippen molar-refractivity contribution in [2.24, 2.45) is 5.73 Å². The molecule has 2 N–H and O–H groups in total. The number of hydrogen-bond acceptors (Lipinski definition) is 4. The van der Waals surface area contributed by atoms with Gasteiger partial charge in [0.1, 0.15) is 5.75 Å². The Hall–Kier alpha value is -2.37. The van der Waals surface area contributed by atoms with Crippen LogP contribution in [0.4, 0.5) is 0 Å². The summed E-state index contributed by atoms with van der Waals surface area (Å²) in [5.41, 5.74) is 7.57. The highest BCUT2D eigenvalue weighted by Gasteiger charge is 2.23. The molecule has 1 aliphatic heterocycles. The first-order valence-electron chi connectivity index (χ1n) is 9.64. The molecule has 0 spiro atoms. The van der Waals surface area contributed by atoms with E-state index in [2.05, 4.69) is 0 Å². The summed E-state index contributed by atoms with van der Waals surface area (Å²) in [6.07, 6.45) is 2.86. The zero-order chi connectivity index (χ0) is 18.9. The summed E-state index contributed by atoms with van der Waals surface area (Å²) >= 11 is 0. The second-order valence-electron chi connectivity index (χ2n) is 6.74. The first-order chi connectivity index (χ1) is 13.3. The van der Waals surface area contributed by atoms with Crippen LogP contribution in [0.2, 0.25) is 0 Å². The van der Waals surface area contributed by atoms with Gasteiger partial charge in [-0.25, -0.2) is 0 Å². The van der Waals surface area contributed by atoms with Crippen molar-refractivity contribution in [3.05, 3.63) is 54.6 Å². The van der Waals surface area contributed by atoms with Gasteiger partial charge in [-0.15, -0.1) is 0 Å². The van der Waals surface area contributed by atoms with Crippen LogP contribution in [-0.4, -0.2) is 49.8 Å². The van der Waals surface area contributed by atoms with Gasteiger partial charge >= 0.3 is 0 Å². The first-order valence-corrected chi connectivity index (χ1v) is 9.64. The molecule has 0 bridgehead atoms. The maximum Gasteiger partial charge on any atom is 0.260 e. The number of para-hydroxylation sites is 1. The molecule has 1 fully saturated rings. The fourth-order valence-corrected chi connectivity index (χ4v) is 3.28. The van der Waals surface area contributed by atoms with Crippen molar-refractivity contribution in [1.29, 1.82) is 0 Å². The molecule has 0 aliphatic carbocycles. The Morgan fingerprint density at radius 1 is 1.04 bits per heavy atom. The zero-order valence-electron chi connectivity index (χ0n) is 15.7. The van der Waals surface area contributed by atoms with Crippen LogP contribution in [0.25, 0.3) is 11.1 Å². The molecule has 0 saturated carbocycles. The molecule has 1 heterocycles. The molecule has 2 aromatic carbocycles. The Labute approximate surface area is 161 Å². The van der Waals surface area contributed by atoms with E-state index in [1.165, 1.54) is 0 Å². The van der Waals surface area contributed by atoms with Crippen LogP contribution in [0.15, 0.2) is 54.6 Å². The van der Waals surface area contributed by atoms with Gasteiger partial charge < -0.3 is 20.1 Å². The highest BCUT2D eigenvalue weighted by atomic mass is 16.5. The lowest BCUT2D eigenvalue weighted by molar-refractivity contribution is -0.136. The van der Waals surface area contributed by atoms with Gasteiger partial charge in [0.15, 0.2) is 6.61 Å². The highest BCUT2D eigenvalue weighted by Crippen LogP contribution is 2.29. The molecule has 5 nitrogen and oxygen atoms in total. The molecule has 3 rings (SSSR count). The van der Waals surface area contributed by atoms with E-state index in [1.807, 2.05) is 59.5 Å². The van der Waals surface area contributed by atoms with Crippen molar-refractivity contribution in [1.82, 2.24) is 4.90 Å². The van der Waals surface area contributed by atoms with Gasteiger partial charge in [0.05, 0.1) is 6.10 Å². The molecule has 0 atom stereocenters. The average Bonchev–Trinajstić information content (AvgIpc) is 2.73. The van der Waals surface area contributed by atoms with E-state index in [0.29, 0.717) is 13.2 Å². The van der Waals surface area contributed by atoms with E-state index < -0.39 is 0 Å². The Morgan fingerprint density at radius 3 is 2.48 bits per heavy atom. The number of amides is 1. The lowest BCUT2D eigenvalue weighted by Crippen LogP contribution is -2.43. The standard InChI is InChI=1S/C22H28N2O3/c23-13-6-16-26-19-11-14-24(15-12-19)22(25)17-27-21-10-5-4-9-20(21)18-7-2-1-3-8-18/h1-5,7-10,19H,6,11-17,23H2. The Kier molecular flexibility index (Phi) is 7.25. The Balaban J connectivity index is 1.51. The maximum absolute atomic E-state index is 12.5. The summed E-state index contributed by atoms with van der Waals surface area (Å²) in [5.74, 6) is 0.760. The molecule has 144 valence electrons. The monoisotopic (exact) mass is 368 g/mol. The molecule has 27 heavy (non-hydrogen) atoms. The van der Waals surface area contributed by atoms with Gasteiger partial charge in [-0.2, -0.15) is 0 Å². The minimum absolute atomic E-state index is 0.0262. The average molecular weight is 368 g/mol. The molecule has 2 aromatic rings. The van der Waals surface area contributed by atoms with Gasteiger partial charge in [-0.1, -0.05) is 48.5 Å². The van der Waals surface area contributed by atoms with Crippen molar-refractivity contribution in [2.75, 3.05) is 32.8 Å². The number of likely N-dealkylation sites (tertiary alicyclic amines) is 1. The van der Waals surface area contributed by atoms with Crippen LogP contribution >= 0.6 is 0 Å². The normalized spacial score (nSPS) is 14.9. The number of nitrogens with zero attached hydrogens (tertiary/aromatic N) is 1. The quantitative estimate of drug-likeness (QED) is 0.727. The van der Waals surface area contributed by atoms with Gasteiger partial charge in [0.2, 0.25) is 0 Å². The number of hydrogen-bond donors (Lipinski definition) is 1. The van der Waals surface area contributed by atoms with E-state index in [0.717, 1.165) is 49.2 Å². The zero-order valence-corrected chi connectivity index (χ0v) is 15.7. The Bertz CT molecular complexity index is 713. The number of rotatable bonds is 8. The summed E-state index contributed by atoms with van der Waals surface area (Å²) in [6, 6.07) is 17.9. The van der Waals surface area contributed by atoms with E-state index in [4.69, 9.17) is 15.2 Å². The molecule has 0 radical (unpaired) electrons.